The van der Waals surface area contributed by atoms with Gasteiger partial charge >= 0.3 is 7.12 Å². The number of carbonyl (C=O) groups excluding carboxylic acids is 1. The van der Waals surface area contributed by atoms with E-state index in [1.807, 2.05) is 270 Å². The highest BCUT2D eigenvalue weighted by molar-refractivity contribution is 9.10. The summed E-state index contributed by atoms with van der Waals surface area (Å²) in [7, 11) is 7.08. The van der Waals surface area contributed by atoms with Gasteiger partial charge in [-0.05, 0) is 179 Å². The number of anilines is 4. The van der Waals surface area contributed by atoms with Gasteiger partial charge < -0.3 is 43.3 Å². The molecule has 19 rings (SSSR count). The van der Waals surface area contributed by atoms with Crippen LogP contribution in [0.3, 0.4) is 0 Å². The standard InChI is InChI=1S/C25H22N8O.C17H13BrN6.C17H14N6.C13H9ClN4.C10H17BN2O2.C7H10N2.ClH/c1-15(18-7-3-4-11-27-18)29-25(34)23-24(26)31-22(20-10-13-33(2)32-20)21(30-23)17-8-9-19-16(14-17)6-5-12-28-19;1-24-8-6-13(23-24)15-14(21-16(18)17(19)22-15)11-4-5-12-10(9-11)3-2-7-20-12;1-23-8-6-14(22-23)17-16(20-10-15(18)21-17)12-4-5-13-11(9-12)3-2-7-19-13;14-13-12(17-7-11(15)18-13)9-3-4-10-8(6-9)2-1-5-16-10;1-9(2)10(3,4)15-11(14-9)8-6-7-13(5)12-8;1-6(8)7-4-2-3-5-9-7;/h3-15H,1-2H3,(H2,26,31)(H,29,34);2-9H,1H3,(H2,19,22);2-10H,1H3,(H2,18,21);1-7H,(H2,15,18);6-7H,1-5H3;2-6H,8H2,1H3;1H/t15-;;;;;6-;/m1....1./s1. The van der Waals surface area contributed by atoms with Crippen molar-refractivity contribution >= 4 is 125 Å². The van der Waals surface area contributed by atoms with Crippen molar-refractivity contribution in [2.24, 2.45) is 33.9 Å². The minimum atomic E-state index is -0.431. The second-order valence-corrected chi connectivity index (χ2v) is 30.6. The van der Waals surface area contributed by atoms with Crippen LogP contribution < -0.4 is 39.6 Å². The van der Waals surface area contributed by atoms with Crippen molar-refractivity contribution < 1.29 is 14.1 Å². The Labute approximate surface area is 733 Å². The fourth-order valence-corrected chi connectivity index (χ4v) is 13.3. The van der Waals surface area contributed by atoms with Gasteiger partial charge in [0.25, 0.3) is 5.91 Å². The summed E-state index contributed by atoms with van der Waals surface area (Å²) < 4.78 is 19.1. The number of fused-ring (bicyclic) bond motifs is 4. The van der Waals surface area contributed by atoms with E-state index in [1.54, 1.807) is 62.1 Å². The lowest BCUT2D eigenvalue weighted by Crippen LogP contribution is -2.41. The summed E-state index contributed by atoms with van der Waals surface area (Å²) in [6.45, 7) is 11.9. The van der Waals surface area contributed by atoms with Crippen LogP contribution in [-0.2, 0) is 37.5 Å². The summed E-state index contributed by atoms with van der Waals surface area (Å²) in [6, 6.07) is 57.8. The molecule has 124 heavy (non-hydrogen) atoms. The predicted molar refractivity (Wildman–Crippen MR) is 491 cm³/mol. The predicted octanol–water partition coefficient (Wildman–Crippen LogP) is 14.8. The van der Waals surface area contributed by atoms with E-state index >= 15 is 0 Å². The highest BCUT2D eigenvalue weighted by Crippen LogP contribution is 2.39. The lowest BCUT2D eigenvalue weighted by atomic mass is 9.85. The number of carbonyl (C=O) groups is 1. The molecular formula is C89H86BBrCl2N28O3. The number of pyridine rings is 6. The van der Waals surface area contributed by atoms with Gasteiger partial charge in [0.2, 0.25) is 0 Å². The zero-order chi connectivity index (χ0) is 86.6. The quantitative estimate of drug-likeness (QED) is 0.0619. The van der Waals surface area contributed by atoms with E-state index in [2.05, 4.69) is 112 Å². The summed E-state index contributed by atoms with van der Waals surface area (Å²) >= 11 is 9.41. The SMILES string of the molecule is C[C@@H](N)c1ccccn1.C[C@@H](NC(=O)c1nc(-c2ccc3ncccc3c2)c(-c2ccn(C)n2)nc1N)c1ccccn1.Cl.Cn1ccc(-c2nc(N)c(Br)nc2-c2ccc3ncccc3c2)n1.Cn1ccc(-c2nc(N)cnc2-c2ccc3ncccc3c2)n1.Cn1ccc(B2OC(C)(C)C(C)(C)O2)n1.Nc1cnc(-c2ccc3ncccc3c2)c(Cl)n1. The molecule has 0 spiro atoms. The summed E-state index contributed by atoms with van der Waals surface area (Å²) in [5, 5.41) is 24.9. The van der Waals surface area contributed by atoms with Crippen molar-refractivity contribution in [1.29, 1.82) is 0 Å². The molecule has 1 aliphatic heterocycles. The molecule has 14 aromatic heterocycles. The van der Waals surface area contributed by atoms with E-state index in [-0.39, 0.29) is 54.3 Å². The Kier molecular flexibility index (Phi) is 27.2. The Hall–Kier alpha value is -14.3. The lowest BCUT2D eigenvalue weighted by Gasteiger charge is -2.32. The topological polar surface area (TPSA) is 429 Å². The maximum absolute atomic E-state index is 13.1. The molecule has 31 nitrogen and oxygen atoms in total. The van der Waals surface area contributed by atoms with Gasteiger partial charge in [-0.25, -0.2) is 34.9 Å². The molecule has 0 aliphatic carbocycles. The molecule has 1 saturated heterocycles. The highest BCUT2D eigenvalue weighted by Gasteiger charge is 2.52. The van der Waals surface area contributed by atoms with Crippen LogP contribution in [0.4, 0.5) is 23.3 Å². The Bertz CT molecular complexity index is 6780. The number of rotatable bonds is 12. The number of nitrogens with zero attached hydrogens (tertiary/aromatic N) is 22. The molecule has 1 amide bonds. The van der Waals surface area contributed by atoms with Crippen molar-refractivity contribution in [1.82, 2.24) is 114 Å². The average molecular weight is 1760 g/mol. The monoisotopic (exact) mass is 1750 g/mol. The van der Waals surface area contributed by atoms with Crippen LogP contribution in [0.25, 0.3) is 123 Å². The Morgan fingerprint density at radius 1 is 0.427 bits per heavy atom. The van der Waals surface area contributed by atoms with Crippen LogP contribution in [0.2, 0.25) is 5.15 Å². The molecule has 0 unspecified atom stereocenters. The molecule has 11 N–H and O–H groups in total. The Morgan fingerprint density at radius 2 is 0.815 bits per heavy atom. The molecule has 35 heteroatoms. The fourth-order valence-electron chi connectivity index (χ4n) is 12.8. The number of benzene rings is 4. The Morgan fingerprint density at radius 3 is 1.22 bits per heavy atom. The van der Waals surface area contributed by atoms with Gasteiger partial charge in [0.15, 0.2) is 22.5 Å². The van der Waals surface area contributed by atoms with E-state index in [0.717, 1.165) is 106 Å². The number of aryl methyl sites for hydroxylation is 4. The van der Waals surface area contributed by atoms with E-state index in [4.69, 9.17) is 54.6 Å². The maximum Gasteiger partial charge on any atom is 0.516 e. The number of nitrogen functional groups attached to an aromatic ring is 4. The van der Waals surface area contributed by atoms with E-state index in [1.165, 1.54) is 6.20 Å². The van der Waals surface area contributed by atoms with Crippen molar-refractivity contribution in [3.05, 3.63) is 283 Å². The van der Waals surface area contributed by atoms with Crippen LogP contribution in [-0.4, -0.2) is 133 Å². The normalized spacial score (nSPS) is 12.8. The van der Waals surface area contributed by atoms with E-state index in [9.17, 15) is 4.79 Å². The lowest BCUT2D eigenvalue weighted by molar-refractivity contribution is 0.00578. The van der Waals surface area contributed by atoms with Gasteiger partial charge in [0.05, 0.1) is 85.8 Å². The van der Waals surface area contributed by atoms with Crippen LogP contribution in [0.1, 0.15) is 75.5 Å². The number of halogens is 3. The average Bonchev–Trinajstić information content (AvgIpc) is 1.67. The van der Waals surface area contributed by atoms with Crippen LogP contribution in [0.5, 0.6) is 0 Å². The van der Waals surface area contributed by atoms with Crippen LogP contribution in [0.15, 0.2) is 261 Å². The Balaban J connectivity index is 0.000000132. The number of amides is 1. The maximum atomic E-state index is 13.1. The third-order valence-corrected chi connectivity index (χ3v) is 20.6. The van der Waals surface area contributed by atoms with Gasteiger partial charge in [-0.15, -0.1) is 12.4 Å². The molecule has 4 aromatic carbocycles. The zero-order valence-electron chi connectivity index (χ0n) is 69.1. The number of hydrogen-bond donors (Lipinski definition) is 6. The minimum Gasteiger partial charge on any atom is -0.398 e. The first-order valence-electron chi connectivity index (χ1n) is 38.7. The summed E-state index contributed by atoms with van der Waals surface area (Å²) in [6.07, 6.45) is 21.0. The van der Waals surface area contributed by atoms with Crippen LogP contribution in [0, 0.1) is 0 Å². The largest absolute Gasteiger partial charge is 0.516 e. The highest BCUT2D eigenvalue weighted by atomic mass is 79.9. The van der Waals surface area contributed by atoms with E-state index in [0.29, 0.717) is 61.4 Å². The van der Waals surface area contributed by atoms with Gasteiger partial charge in [0, 0.05) is 140 Å². The van der Waals surface area contributed by atoms with Crippen molar-refractivity contribution in [3.8, 4) is 79.2 Å². The van der Waals surface area contributed by atoms with E-state index < -0.39 is 5.91 Å². The third-order valence-electron chi connectivity index (χ3n) is 19.8. The molecule has 18 aromatic rings. The second-order valence-electron chi connectivity index (χ2n) is 29.4. The second kappa shape index (κ2) is 38.6. The smallest absolute Gasteiger partial charge is 0.398 e. The molecule has 1 fully saturated rings. The van der Waals surface area contributed by atoms with Crippen molar-refractivity contribution in [2.45, 2.75) is 64.8 Å². The molecular weight excluding hydrogens is 1670 g/mol. The molecule has 0 radical (unpaired) electrons. The molecule has 624 valence electrons. The zero-order valence-corrected chi connectivity index (χ0v) is 72.3. The first-order valence-corrected chi connectivity index (χ1v) is 39.9. The molecule has 15 heterocycles. The minimum absolute atomic E-state index is 0. The van der Waals surface area contributed by atoms with Gasteiger partial charge in [0.1, 0.15) is 56.1 Å². The van der Waals surface area contributed by atoms with Gasteiger partial charge in [-0.3, -0.25) is 58.4 Å². The molecule has 2 atom stereocenters. The first-order chi connectivity index (χ1) is 59.2. The number of aromatic nitrogens is 22. The third kappa shape index (κ3) is 20.8. The summed E-state index contributed by atoms with van der Waals surface area (Å²) in [4.78, 5) is 74.3. The van der Waals surface area contributed by atoms with Crippen molar-refractivity contribution in [3.63, 3.8) is 0 Å². The summed E-state index contributed by atoms with van der Waals surface area (Å²) in [5.41, 5.74) is 44.8. The van der Waals surface area contributed by atoms with Gasteiger partial charge in [-0.1, -0.05) is 72.3 Å². The number of nitrogens with one attached hydrogen (secondary N) is 1. The molecule has 0 bridgehead atoms. The molecule has 0 saturated carbocycles. The van der Waals surface area contributed by atoms with Crippen LogP contribution >= 0.6 is 39.9 Å². The van der Waals surface area contributed by atoms with Crippen molar-refractivity contribution in [2.75, 3.05) is 22.9 Å². The number of nitrogens with two attached hydrogens (primary N) is 5. The molecule has 1 aliphatic rings. The van der Waals surface area contributed by atoms with Gasteiger partial charge in [-0.2, -0.15) is 20.4 Å². The first kappa shape index (κ1) is 87.5. The number of hydrogen-bond acceptors (Lipinski definition) is 26. The fraction of sp³-hybridized carbons (Fsp3) is 0.157. The summed E-state index contributed by atoms with van der Waals surface area (Å²) in [5.74, 6) is 0.613.